The summed E-state index contributed by atoms with van der Waals surface area (Å²) in [6, 6.07) is 4.00. The zero-order valence-electron chi connectivity index (χ0n) is 21.2. The van der Waals surface area contributed by atoms with E-state index in [0.29, 0.717) is 18.3 Å². The van der Waals surface area contributed by atoms with Gasteiger partial charge in [-0.2, -0.15) is 0 Å². The van der Waals surface area contributed by atoms with Crippen molar-refractivity contribution in [2.45, 2.75) is 107 Å². The maximum atomic E-state index is 13.6. The molecule has 1 aromatic rings. The van der Waals surface area contributed by atoms with Crippen molar-refractivity contribution in [2.24, 2.45) is 11.8 Å². The second kappa shape index (κ2) is 10.2. The number of rotatable bonds is 7. The van der Waals surface area contributed by atoms with E-state index in [9.17, 15) is 9.59 Å². The van der Waals surface area contributed by atoms with Crippen LogP contribution in [0.15, 0.2) is 17.0 Å². The molecule has 1 atom stereocenters. The fourth-order valence-corrected chi connectivity index (χ4v) is 7.64. The Morgan fingerprint density at radius 3 is 2.15 bits per heavy atom. The molecular formula is C28H40O5S. The van der Waals surface area contributed by atoms with E-state index >= 15 is 0 Å². The van der Waals surface area contributed by atoms with E-state index in [0.717, 1.165) is 47.5 Å². The Balaban J connectivity index is 1.61. The van der Waals surface area contributed by atoms with Crippen molar-refractivity contribution in [3.05, 3.63) is 23.3 Å². The third-order valence-corrected chi connectivity index (χ3v) is 9.30. The Kier molecular flexibility index (Phi) is 7.68. The summed E-state index contributed by atoms with van der Waals surface area (Å²) in [5.41, 5.74) is 1.17. The first kappa shape index (κ1) is 25.6. The molecule has 0 radical (unpaired) electrons. The Labute approximate surface area is 208 Å². The van der Waals surface area contributed by atoms with Gasteiger partial charge in [0.1, 0.15) is 18.0 Å². The largest absolute Gasteiger partial charge is 0.491 e. The van der Waals surface area contributed by atoms with Crippen molar-refractivity contribution < 1.29 is 24.2 Å². The first-order valence-electron chi connectivity index (χ1n) is 13.0. The molecular weight excluding hydrogens is 448 g/mol. The molecule has 0 amide bonds. The second-order valence-corrected chi connectivity index (χ2v) is 12.6. The van der Waals surface area contributed by atoms with Crippen LogP contribution < -0.4 is 4.74 Å². The molecule has 0 bridgehead atoms. The zero-order chi connectivity index (χ0) is 24.5. The van der Waals surface area contributed by atoms with Crippen LogP contribution in [-0.2, 0) is 19.7 Å². The predicted octanol–water partition coefficient (Wildman–Crippen LogP) is 5.76. The highest BCUT2D eigenvalue weighted by Crippen LogP contribution is 2.52. The van der Waals surface area contributed by atoms with Gasteiger partial charge in [-0.1, -0.05) is 46.5 Å². The Hall–Kier alpha value is -1.53. The summed E-state index contributed by atoms with van der Waals surface area (Å²) in [5.74, 6) is 1.05. The molecule has 4 rings (SSSR count). The Morgan fingerprint density at radius 1 is 1.06 bits per heavy atom. The van der Waals surface area contributed by atoms with Gasteiger partial charge >= 0.3 is 5.97 Å². The second-order valence-electron chi connectivity index (χ2n) is 11.4. The fraction of sp³-hybridized carbons (Fsp3) is 0.714. The lowest BCUT2D eigenvalue weighted by Gasteiger charge is -2.46. The van der Waals surface area contributed by atoms with Crippen LogP contribution in [0.3, 0.4) is 0 Å². The molecule has 1 N–H and O–H groups in total. The molecule has 188 valence electrons. The maximum absolute atomic E-state index is 13.6. The first-order chi connectivity index (χ1) is 16.2. The lowest BCUT2D eigenvalue weighted by Crippen LogP contribution is -2.56. The number of ketones is 1. The molecule has 3 fully saturated rings. The molecule has 1 aliphatic heterocycles. The van der Waals surface area contributed by atoms with Gasteiger partial charge in [0, 0.05) is 11.3 Å². The highest BCUT2D eigenvalue weighted by molar-refractivity contribution is 8.01. The molecule has 3 aliphatic rings. The molecule has 0 spiro atoms. The van der Waals surface area contributed by atoms with Crippen molar-refractivity contribution in [1.29, 1.82) is 0 Å². The average Bonchev–Trinajstić information content (AvgIpc) is 3.49. The summed E-state index contributed by atoms with van der Waals surface area (Å²) >= 11 is 1.34. The van der Waals surface area contributed by atoms with Crippen LogP contribution in [0.5, 0.6) is 5.75 Å². The van der Waals surface area contributed by atoms with Crippen LogP contribution in [0.1, 0.15) is 89.7 Å². The number of aryl methyl sites for hydroxylation is 1. The standard InChI is InChI=1S/C28H40O5S/c1-18-15-24(21(27(2,3)4)16-23(18)32-14-13-29)34-25-22(30)17-28(33-26(25)31,19-9-5-6-10-19)20-11-7-8-12-20/h15-16,19-20,25,29H,5-14,17H2,1-4H3. The van der Waals surface area contributed by atoms with E-state index in [1.54, 1.807) is 0 Å². The summed E-state index contributed by atoms with van der Waals surface area (Å²) in [5, 5.41) is 8.34. The maximum Gasteiger partial charge on any atom is 0.327 e. The van der Waals surface area contributed by atoms with E-state index in [-0.39, 0.29) is 30.4 Å². The van der Waals surface area contributed by atoms with E-state index < -0.39 is 10.9 Å². The van der Waals surface area contributed by atoms with Crippen LogP contribution >= 0.6 is 11.8 Å². The number of carbonyl (C=O) groups excluding carboxylic acids is 2. The van der Waals surface area contributed by atoms with Gasteiger partial charge in [0.2, 0.25) is 0 Å². The molecule has 34 heavy (non-hydrogen) atoms. The highest BCUT2D eigenvalue weighted by atomic mass is 32.2. The smallest absolute Gasteiger partial charge is 0.327 e. The Bertz CT molecular complexity index is 870. The number of aliphatic hydroxyl groups is 1. The van der Waals surface area contributed by atoms with Gasteiger partial charge in [0.05, 0.1) is 6.61 Å². The molecule has 1 unspecified atom stereocenters. The third kappa shape index (κ3) is 5.04. The monoisotopic (exact) mass is 488 g/mol. The van der Waals surface area contributed by atoms with Gasteiger partial charge in [-0.25, -0.2) is 0 Å². The predicted molar refractivity (Wildman–Crippen MR) is 134 cm³/mol. The summed E-state index contributed by atoms with van der Waals surface area (Å²) in [6.45, 7) is 8.48. The molecule has 2 aliphatic carbocycles. The van der Waals surface area contributed by atoms with Crippen molar-refractivity contribution in [1.82, 2.24) is 0 Å². The number of ether oxygens (including phenoxy) is 2. The number of hydrogen-bond acceptors (Lipinski definition) is 6. The van der Waals surface area contributed by atoms with Gasteiger partial charge in [-0.15, -0.1) is 11.8 Å². The van der Waals surface area contributed by atoms with Gasteiger partial charge in [0.15, 0.2) is 11.0 Å². The average molecular weight is 489 g/mol. The SMILES string of the molecule is Cc1cc(SC2C(=O)CC(C3CCCC3)(C3CCCC3)OC2=O)c(C(C)(C)C)cc1OCCO. The minimum absolute atomic E-state index is 0.0261. The quantitative estimate of drug-likeness (QED) is 0.389. The first-order valence-corrected chi connectivity index (χ1v) is 13.8. The number of benzene rings is 1. The van der Waals surface area contributed by atoms with E-state index in [1.165, 1.54) is 37.4 Å². The zero-order valence-corrected chi connectivity index (χ0v) is 22.0. The number of carbonyl (C=O) groups is 2. The third-order valence-electron chi connectivity index (χ3n) is 8.02. The van der Waals surface area contributed by atoms with Gasteiger partial charge in [0.25, 0.3) is 0 Å². The molecule has 0 aromatic heterocycles. The normalized spacial score (nSPS) is 24.0. The minimum Gasteiger partial charge on any atom is -0.491 e. The van der Waals surface area contributed by atoms with Crippen LogP contribution in [0.25, 0.3) is 0 Å². The van der Waals surface area contributed by atoms with Gasteiger partial charge in [-0.3, -0.25) is 9.59 Å². The number of Topliss-reactive ketones (excluding diaryl/α,β-unsaturated/α-hetero) is 1. The minimum atomic E-state index is -0.819. The topological polar surface area (TPSA) is 72.8 Å². The lowest BCUT2D eigenvalue weighted by atomic mass is 9.70. The molecule has 6 heteroatoms. The summed E-state index contributed by atoms with van der Waals surface area (Å²) < 4.78 is 12.1. The van der Waals surface area contributed by atoms with E-state index in [2.05, 4.69) is 20.8 Å². The van der Waals surface area contributed by atoms with Crippen molar-refractivity contribution in [3.63, 3.8) is 0 Å². The fourth-order valence-electron chi connectivity index (χ4n) is 6.29. The van der Waals surface area contributed by atoms with Crippen molar-refractivity contribution in [3.8, 4) is 5.75 Å². The lowest BCUT2D eigenvalue weighted by molar-refractivity contribution is -0.185. The summed E-state index contributed by atoms with van der Waals surface area (Å²) in [6.07, 6.45) is 9.31. The number of hydrogen-bond donors (Lipinski definition) is 1. The van der Waals surface area contributed by atoms with E-state index in [1.807, 2.05) is 19.1 Å². The van der Waals surface area contributed by atoms with E-state index in [4.69, 9.17) is 14.6 Å². The molecule has 1 heterocycles. The van der Waals surface area contributed by atoms with Crippen molar-refractivity contribution >= 4 is 23.5 Å². The van der Waals surface area contributed by atoms with Gasteiger partial charge < -0.3 is 14.6 Å². The Morgan fingerprint density at radius 2 is 1.65 bits per heavy atom. The van der Waals surface area contributed by atoms with Crippen LogP contribution in [0, 0.1) is 18.8 Å². The summed E-state index contributed by atoms with van der Waals surface area (Å²) in [4.78, 5) is 28.0. The highest BCUT2D eigenvalue weighted by Gasteiger charge is 2.56. The number of thioether (sulfide) groups is 1. The van der Waals surface area contributed by atoms with Crippen LogP contribution in [-0.4, -0.2) is 40.9 Å². The molecule has 2 saturated carbocycles. The molecule has 1 saturated heterocycles. The number of cyclic esters (lactones) is 1. The van der Waals surface area contributed by atoms with Crippen LogP contribution in [0.4, 0.5) is 0 Å². The molecule has 1 aromatic carbocycles. The summed E-state index contributed by atoms with van der Waals surface area (Å²) in [7, 11) is 0. The number of esters is 1. The van der Waals surface area contributed by atoms with Gasteiger partial charge in [-0.05, 0) is 73.1 Å². The van der Waals surface area contributed by atoms with Crippen LogP contribution in [0.2, 0.25) is 0 Å². The van der Waals surface area contributed by atoms with Crippen molar-refractivity contribution in [2.75, 3.05) is 13.2 Å². The number of aliphatic hydroxyl groups excluding tert-OH is 1. The molecule has 5 nitrogen and oxygen atoms in total.